The Kier molecular flexibility index (Phi) is 13.9. The second-order valence-electron chi connectivity index (χ2n) is 14.0. The summed E-state index contributed by atoms with van der Waals surface area (Å²) < 4.78 is 20.8. The molecular formula is C43H52N2O7S2. The third kappa shape index (κ3) is 8.87. The summed E-state index contributed by atoms with van der Waals surface area (Å²) in [7, 11) is 1.59. The molecule has 6 rings (SSSR count). The summed E-state index contributed by atoms with van der Waals surface area (Å²) in [5.41, 5.74) is 3.73. The average Bonchev–Trinajstić information content (AvgIpc) is 3.17. The van der Waals surface area contributed by atoms with Crippen molar-refractivity contribution in [1.82, 2.24) is 0 Å². The Morgan fingerprint density at radius 2 is 1.70 bits per heavy atom. The number of allylic oxidation sites excluding steroid dienone is 1. The van der Waals surface area contributed by atoms with E-state index in [9.17, 15) is 15.0 Å². The summed E-state index contributed by atoms with van der Waals surface area (Å²) in [6, 6.07) is 22.0. The molecule has 6 atom stereocenters. The van der Waals surface area contributed by atoms with E-state index in [2.05, 4.69) is 47.6 Å². The first-order valence-corrected chi connectivity index (χ1v) is 20.9. The fraction of sp³-hybridized carbons (Fsp3) is 0.442. The molecular weight excluding hydrogens is 721 g/mol. The van der Waals surface area contributed by atoms with Gasteiger partial charge in [-0.2, -0.15) is 0 Å². The van der Waals surface area contributed by atoms with Crippen LogP contribution in [0.15, 0.2) is 106 Å². The van der Waals surface area contributed by atoms with Crippen LogP contribution in [0.2, 0.25) is 0 Å². The lowest BCUT2D eigenvalue weighted by Crippen LogP contribution is -2.64. The van der Waals surface area contributed by atoms with Crippen LogP contribution in [0.1, 0.15) is 63.4 Å². The Hall–Kier alpha value is -3.74. The number of carbonyl (C=O) groups is 1. The molecule has 0 radical (unpaired) electrons. The molecule has 0 spiro atoms. The summed E-state index contributed by atoms with van der Waals surface area (Å²) in [4.78, 5) is 19.4. The van der Waals surface area contributed by atoms with Gasteiger partial charge in [0.25, 0.3) is 0 Å². The Morgan fingerprint density at radius 3 is 2.37 bits per heavy atom. The molecule has 11 heteroatoms. The van der Waals surface area contributed by atoms with Crippen molar-refractivity contribution in [3.8, 4) is 17.2 Å². The highest BCUT2D eigenvalue weighted by Gasteiger charge is 2.64. The Morgan fingerprint density at radius 1 is 1.00 bits per heavy atom. The van der Waals surface area contributed by atoms with Crippen LogP contribution in [0.5, 0.6) is 17.2 Å². The van der Waals surface area contributed by atoms with E-state index in [0.29, 0.717) is 12.8 Å². The largest absolute Gasteiger partial charge is 0.460 e. The van der Waals surface area contributed by atoms with Gasteiger partial charge in [-0.1, -0.05) is 30.1 Å². The van der Waals surface area contributed by atoms with E-state index in [1.807, 2.05) is 48.5 Å². The molecule has 0 bridgehead atoms. The van der Waals surface area contributed by atoms with Crippen molar-refractivity contribution in [2.24, 2.45) is 22.9 Å². The molecule has 9 nitrogen and oxygen atoms in total. The summed E-state index contributed by atoms with van der Waals surface area (Å²) in [6.07, 6.45) is 11.7. The monoisotopic (exact) mass is 772 g/mol. The van der Waals surface area contributed by atoms with Crippen LogP contribution in [-0.2, 0) is 14.4 Å². The number of thioether (sulfide) groups is 2. The molecule has 0 aromatic heterocycles. The molecule has 0 saturated heterocycles. The van der Waals surface area contributed by atoms with Crippen LogP contribution in [0, 0.1) is 17.8 Å². The number of unbranched alkanes of at least 4 members (excludes halogenated alkanes) is 2. The summed E-state index contributed by atoms with van der Waals surface area (Å²) in [5.74, 6) is 1.07. The second-order valence-corrected chi connectivity index (χ2v) is 16.2. The van der Waals surface area contributed by atoms with Crippen molar-refractivity contribution in [2.75, 3.05) is 38.5 Å². The van der Waals surface area contributed by atoms with Crippen molar-refractivity contribution in [1.29, 1.82) is 0 Å². The number of nitrogens with one attached hydrogen (secondary N) is 1. The molecule has 3 aromatic rings. The van der Waals surface area contributed by atoms with E-state index < -0.39 is 5.79 Å². The van der Waals surface area contributed by atoms with Crippen LogP contribution < -0.4 is 14.8 Å². The molecule has 1 fully saturated rings. The zero-order valence-electron chi connectivity index (χ0n) is 31.4. The van der Waals surface area contributed by atoms with Gasteiger partial charge in [0.2, 0.25) is 11.7 Å². The molecule has 1 saturated carbocycles. The number of carbonyl (C=O) groups excluding carboxylic acids is 1. The Balaban J connectivity index is 1.51. The number of hydrogen-bond acceptors (Lipinski definition) is 10. The first-order chi connectivity index (χ1) is 26.3. The molecule has 3 aromatic carbocycles. The van der Waals surface area contributed by atoms with Gasteiger partial charge in [-0.25, -0.2) is 0 Å². The number of aliphatic hydroxyl groups is 2. The standard InChI is InChI=1S/C43H52N2O7S2/c1-5-24-50-43-40(54-34-17-12-30(13-18-34)44-28(2)48)27-38(45-49-3)36-25-29(10-6-8-22-46)35(11-7-9-23-47)41(42(36)43)37-26-32(16-21-39(37)52-43)51-31-14-19-33(53-4)20-15-31/h5,12-21,25-26,29,35,40-42,46-47H,1,6-11,22-24,27H2,2-4H3,(H,44,48). The third-order valence-corrected chi connectivity index (χ3v) is 12.6. The number of amides is 1. The third-order valence-electron chi connectivity index (χ3n) is 10.6. The molecule has 1 amide bonds. The van der Waals surface area contributed by atoms with E-state index >= 15 is 0 Å². The second kappa shape index (κ2) is 18.7. The molecule has 1 aliphatic heterocycles. The molecule has 288 valence electrons. The van der Waals surface area contributed by atoms with Gasteiger partial charge in [0.15, 0.2) is 0 Å². The van der Waals surface area contributed by atoms with Gasteiger partial charge in [-0.15, -0.1) is 30.1 Å². The number of fused-ring (bicyclic) bond motifs is 2. The number of ether oxygens (including phenoxy) is 3. The Bertz CT molecular complexity index is 1800. The van der Waals surface area contributed by atoms with Gasteiger partial charge >= 0.3 is 0 Å². The molecule has 1 heterocycles. The summed E-state index contributed by atoms with van der Waals surface area (Å²) >= 11 is 3.36. The molecule has 3 aliphatic rings. The van der Waals surface area contributed by atoms with E-state index in [-0.39, 0.29) is 54.6 Å². The van der Waals surface area contributed by atoms with Gasteiger partial charge in [-0.3, -0.25) is 4.79 Å². The minimum atomic E-state index is -1.10. The maximum atomic E-state index is 11.7. The van der Waals surface area contributed by atoms with Crippen molar-refractivity contribution < 1.29 is 34.1 Å². The number of anilines is 1. The van der Waals surface area contributed by atoms with Gasteiger partial charge in [-0.05, 0) is 116 Å². The van der Waals surface area contributed by atoms with E-state index in [1.165, 1.54) is 11.8 Å². The van der Waals surface area contributed by atoms with Crippen LogP contribution in [-0.4, -0.2) is 66.1 Å². The fourth-order valence-electron chi connectivity index (χ4n) is 8.36. The highest BCUT2D eigenvalue weighted by molar-refractivity contribution is 8.00. The van der Waals surface area contributed by atoms with Crippen LogP contribution in [0.4, 0.5) is 5.69 Å². The molecule has 6 unspecified atom stereocenters. The Labute approximate surface area is 327 Å². The number of rotatable bonds is 18. The number of benzene rings is 3. The lowest BCUT2D eigenvalue weighted by molar-refractivity contribution is -0.223. The van der Waals surface area contributed by atoms with Crippen molar-refractivity contribution in [3.63, 3.8) is 0 Å². The topological polar surface area (TPSA) is 119 Å². The summed E-state index contributed by atoms with van der Waals surface area (Å²) in [6.45, 7) is 6.09. The van der Waals surface area contributed by atoms with Gasteiger partial charge < -0.3 is 34.6 Å². The highest BCUT2D eigenvalue weighted by atomic mass is 32.2. The van der Waals surface area contributed by atoms with Crippen LogP contribution in [0.25, 0.3) is 0 Å². The summed E-state index contributed by atoms with van der Waals surface area (Å²) in [5, 5.41) is 26.9. The van der Waals surface area contributed by atoms with Crippen LogP contribution >= 0.6 is 23.5 Å². The smallest absolute Gasteiger partial charge is 0.231 e. The maximum Gasteiger partial charge on any atom is 0.231 e. The first kappa shape index (κ1) is 39.9. The van der Waals surface area contributed by atoms with Gasteiger partial charge in [0.05, 0.1) is 23.5 Å². The number of aliphatic hydroxyl groups excluding tert-OH is 2. The normalized spacial score (nSPS) is 24.8. The number of hydrogen-bond donors (Lipinski definition) is 3. The van der Waals surface area contributed by atoms with Crippen LogP contribution in [0.3, 0.4) is 0 Å². The maximum absolute atomic E-state index is 11.7. The van der Waals surface area contributed by atoms with Gasteiger partial charge in [0, 0.05) is 53.5 Å². The predicted octanol–water partition coefficient (Wildman–Crippen LogP) is 9.21. The zero-order valence-corrected chi connectivity index (χ0v) is 33.0. The number of oxime groups is 1. The SMILES string of the molecule is C=CCOC12Oc3ccc(Oc4ccc(SC)cc4)cc3C3C(CCCCO)C(CCCCO)C=C(C(=NOC)CC1Sc1ccc(NC(C)=O)cc1)C32. The zero-order chi connectivity index (χ0) is 38.1. The minimum absolute atomic E-state index is 0.0496. The lowest BCUT2D eigenvalue weighted by atomic mass is 9.56. The fourth-order valence-corrected chi connectivity index (χ4v) is 10.1. The molecule has 2 aliphatic carbocycles. The quantitative estimate of drug-likeness (QED) is 0.0503. The highest BCUT2D eigenvalue weighted by Crippen LogP contribution is 2.63. The molecule has 3 N–H and O–H groups in total. The van der Waals surface area contributed by atoms with Crippen molar-refractivity contribution in [2.45, 2.75) is 78.6 Å². The van der Waals surface area contributed by atoms with E-state index in [0.717, 1.165) is 76.8 Å². The minimum Gasteiger partial charge on any atom is -0.460 e. The molecule has 54 heavy (non-hydrogen) atoms. The van der Waals surface area contributed by atoms with Crippen molar-refractivity contribution >= 4 is 40.8 Å². The van der Waals surface area contributed by atoms with Crippen molar-refractivity contribution in [3.05, 3.63) is 96.6 Å². The lowest BCUT2D eigenvalue weighted by Gasteiger charge is -2.58. The van der Waals surface area contributed by atoms with E-state index in [1.54, 1.807) is 36.7 Å². The number of nitrogens with zero attached hydrogens (tertiary/aromatic N) is 1. The van der Waals surface area contributed by atoms with Gasteiger partial charge in [0.1, 0.15) is 24.4 Å². The average molecular weight is 773 g/mol. The first-order valence-electron chi connectivity index (χ1n) is 18.8. The predicted molar refractivity (Wildman–Crippen MR) is 217 cm³/mol. The van der Waals surface area contributed by atoms with E-state index in [4.69, 9.17) is 19.0 Å².